The van der Waals surface area contributed by atoms with Crippen molar-refractivity contribution in [3.05, 3.63) is 11.7 Å². The lowest BCUT2D eigenvalue weighted by atomic mass is 9.89. The average Bonchev–Trinajstić information content (AvgIpc) is 2.61. The summed E-state index contributed by atoms with van der Waals surface area (Å²) in [5.74, 6) is 1.14. The van der Waals surface area contributed by atoms with Crippen LogP contribution in [-0.2, 0) is 11.3 Å². The van der Waals surface area contributed by atoms with Crippen LogP contribution in [0, 0.1) is 5.92 Å². The minimum absolute atomic E-state index is 0.107. The number of alkyl halides is 3. The summed E-state index contributed by atoms with van der Waals surface area (Å²) in [4.78, 5) is 4.03. The molecule has 2 heterocycles. The fourth-order valence-corrected chi connectivity index (χ4v) is 1.64. The Kier molecular flexibility index (Phi) is 3.86. The first kappa shape index (κ1) is 13.3. The molecule has 5 nitrogen and oxygen atoms in total. The summed E-state index contributed by atoms with van der Waals surface area (Å²) in [6.07, 6.45) is -4.34. The van der Waals surface area contributed by atoms with Crippen molar-refractivity contribution < 1.29 is 22.4 Å². The van der Waals surface area contributed by atoms with E-state index in [2.05, 4.69) is 20.2 Å². The summed E-state index contributed by atoms with van der Waals surface area (Å²) in [6, 6.07) is 0. The maximum absolute atomic E-state index is 11.9. The summed E-state index contributed by atoms with van der Waals surface area (Å²) in [5.41, 5.74) is 0. The highest BCUT2D eigenvalue weighted by molar-refractivity contribution is 4.98. The molecule has 1 aromatic heterocycles. The molecule has 0 saturated carbocycles. The molecule has 0 amide bonds. The van der Waals surface area contributed by atoms with Gasteiger partial charge in [-0.3, -0.25) is 0 Å². The Balaban J connectivity index is 1.82. The van der Waals surface area contributed by atoms with E-state index in [0.29, 0.717) is 11.8 Å². The highest BCUT2D eigenvalue weighted by Gasteiger charge is 2.30. The van der Waals surface area contributed by atoms with E-state index in [1.165, 1.54) is 0 Å². The molecule has 1 aliphatic heterocycles. The van der Waals surface area contributed by atoms with E-state index in [0.717, 1.165) is 13.1 Å². The molecule has 2 rings (SSSR count). The van der Waals surface area contributed by atoms with Gasteiger partial charge in [0.05, 0.1) is 0 Å². The lowest BCUT2D eigenvalue weighted by Gasteiger charge is -2.30. The molecule has 8 heteroatoms. The molecular formula is C10H14F3N3O2. The molecule has 1 atom stereocenters. The maximum atomic E-state index is 11.9. The van der Waals surface area contributed by atoms with Crippen molar-refractivity contribution in [1.29, 1.82) is 0 Å². The van der Waals surface area contributed by atoms with E-state index in [-0.39, 0.29) is 18.3 Å². The molecule has 1 aromatic rings. The standard InChI is InChI=1S/C10H14F3N3O2/c1-6(7-2-14-3-7)9-15-8(16-18-9)4-17-5-10(11,12)13/h6-7,14H,2-5H2,1H3. The van der Waals surface area contributed by atoms with Gasteiger partial charge < -0.3 is 14.6 Å². The summed E-state index contributed by atoms with van der Waals surface area (Å²) in [5, 5.41) is 6.73. The molecule has 0 bridgehead atoms. The quantitative estimate of drug-likeness (QED) is 0.873. The molecule has 102 valence electrons. The lowest BCUT2D eigenvalue weighted by molar-refractivity contribution is -0.177. The molecule has 1 N–H and O–H groups in total. The van der Waals surface area contributed by atoms with Crippen LogP contribution in [0.1, 0.15) is 24.6 Å². The first-order valence-electron chi connectivity index (χ1n) is 5.63. The number of nitrogens with zero attached hydrogens (tertiary/aromatic N) is 2. The van der Waals surface area contributed by atoms with E-state index in [9.17, 15) is 13.2 Å². The fraction of sp³-hybridized carbons (Fsp3) is 0.800. The number of hydrogen-bond acceptors (Lipinski definition) is 5. The van der Waals surface area contributed by atoms with E-state index in [1.807, 2.05) is 6.92 Å². The van der Waals surface area contributed by atoms with Gasteiger partial charge in [0, 0.05) is 5.92 Å². The molecule has 0 aromatic carbocycles. The average molecular weight is 265 g/mol. The summed E-state index contributed by atoms with van der Waals surface area (Å²) in [6.45, 7) is 2.14. The molecule has 1 saturated heterocycles. The van der Waals surface area contributed by atoms with Gasteiger partial charge in [-0.05, 0) is 19.0 Å². The number of halogens is 3. The van der Waals surface area contributed by atoms with Crippen molar-refractivity contribution in [1.82, 2.24) is 15.5 Å². The van der Waals surface area contributed by atoms with Crippen LogP contribution in [0.2, 0.25) is 0 Å². The van der Waals surface area contributed by atoms with Crippen molar-refractivity contribution in [2.75, 3.05) is 19.7 Å². The van der Waals surface area contributed by atoms with Gasteiger partial charge in [-0.15, -0.1) is 0 Å². The molecule has 0 aliphatic carbocycles. The molecule has 0 radical (unpaired) electrons. The SMILES string of the molecule is CC(c1nc(COCC(F)(F)F)no1)C1CNC1. The normalized spacial score (nSPS) is 18.7. The first-order valence-corrected chi connectivity index (χ1v) is 5.63. The first-order chi connectivity index (χ1) is 8.46. The zero-order valence-electron chi connectivity index (χ0n) is 9.83. The molecule has 1 fully saturated rings. The number of aromatic nitrogens is 2. The molecule has 1 aliphatic rings. The minimum atomic E-state index is -4.34. The third-order valence-electron chi connectivity index (χ3n) is 2.89. The van der Waals surface area contributed by atoms with Gasteiger partial charge in [0.2, 0.25) is 5.89 Å². The Bertz CT molecular complexity index is 390. The van der Waals surface area contributed by atoms with Crippen LogP contribution in [0.4, 0.5) is 13.2 Å². The summed E-state index contributed by atoms with van der Waals surface area (Å²) in [7, 11) is 0. The van der Waals surface area contributed by atoms with Gasteiger partial charge >= 0.3 is 6.18 Å². The van der Waals surface area contributed by atoms with Crippen LogP contribution in [0.25, 0.3) is 0 Å². The molecule has 18 heavy (non-hydrogen) atoms. The van der Waals surface area contributed by atoms with Crippen molar-refractivity contribution in [3.8, 4) is 0 Å². The highest BCUT2D eigenvalue weighted by atomic mass is 19.4. The van der Waals surface area contributed by atoms with Crippen LogP contribution in [0.3, 0.4) is 0 Å². The second-order valence-electron chi connectivity index (χ2n) is 4.36. The zero-order chi connectivity index (χ0) is 13.2. The van der Waals surface area contributed by atoms with Gasteiger partial charge in [-0.2, -0.15) is 18.2 Å². The predicted octanol–water partition coefficient (Wildman–Crippen LogP) is 1.47. The Morgan fingerprint density at radius 1 is 1.50 bits per heavy atom. The van der Waals surface area contributed by atoms with Crippen molar-refractivity contribution in [2.45, 2.75) is 25.6 Å². The monoisotopic (exact) mass is 265 g/mol. The Morgan fingerprint density at radius 3 is 2.78 bits per heavy atom. The maximum Gasteiger partial charge on any atom is 0.411 e. The third kappa shape index (κ3) is 3.42. The van der Waals surface area contributed by atoms with E-state index in [1.54, 1.807) is 0 Å². The largest absolute Gasteiger partial charge is 0.411 e. The van der Waals surface area contributed by atoms with Crippen LogP contribution in [-0.4, -0.2) is 36.0 Å². The van der Waals surface area contributed by atoms with Gasteiger partial charge in [-0.25, -0.2) is 0 Å². The highest BCUT2D eigenvalue weighted by Crippen LogP contribution is 2.25. The van der Waals surface area contributed by atoms with Gasteiger partial charge in [0.25, 0.3) is 0 Å². The topological polar surface area (TPSA) is 60.2 Å². The molecule has 1 unspecified atom stereocenters. The second-order valence-corrected chi connectivity index (χ2v) is 4.36. The van der Waals surface area contributed by atoms with Gasteiger partial charge in [0.1, 0.15) is 13.2 Å². The Morgan fingerprint density at radius 2 is 2.22 bits per heavy atom. The molecular weight excluding hydrogens is 251 g/mol. The van der Waals surface area contributed by atoms with Crippen molar-refractivity contribution in [2.24, 2.45) is 5.92 Å². The minimum Gasteiger partial charge on any atom is -0.364 e. The van der Waals surface area contributed by atoms with Crippen LogP contribution < -0.4 is 5.32 Å². The van der Waals surface area contributed by atoms with Gasteiger partial charge in [-0.1, -0.05) is 12.1 Å². The van der Waals surface area contributed by atoms with E-state index < -0.39 is 12.8 Å². The fourth-order valence-electron chi connectivity index (χ4n) is 1.64. The van der Waals surface area contributed by atoms with Crippen LogP contribution >= 0.6 is 0 Å². The molecule has 0 spiro atoms. The number of nitrogens with one attached hydrogen (secondary N) is 1. The Labute approximate surface area is 102 Å². The van der Waals surface area contributed by atoms with Crippen LogP contribution in [0.5, 0.6) is 0 Å². The smallest absolute Gasteiger partial charge is 0.364 e. The number of ether oxygens (including phenoxy) is 1. The van der Waals surface area contributed by atoms with Gasteiger partial charge in [0.15, 0.2) is 5.82 Å². The van der Waals surface area contributed by atoms with E-state index in [4.69, 9.17) is 4.52 Å². The Hall–Kier alpha value is -1.15. The van der Waals surface area contributed by atoms with Crippen molar-refractivity contribution in [3.63, 3.8) is 0 Å². The predicted molar refractivity (Wildman–Crippen MR) is 54.8 cm³/mol. The second kappa shape index (κ2) is 5.23. The number of rotatable bonds is 5. The van der Waals surface area contributed by atoms with Crippen molar-refractivity contribution >= 4 is 0 Å². The summed E-state index contributed by atoms with van der Waals surface area (Å²) >= 11 is 0. The van der Waals surface area contributed by atoms with E-state index >= 15 is 0 Å². The lowest BCUT2D eigenvalue weighted by Crippen LogP contribution is -2.44. The third-order valence-corrected chi connectivity index (χ3v) is 2.89. The van der Waals surface area contributed by atoms with Crippen LogP contribution in [0.15, 0.2) is 4.52 Å². The zero-order valence-corrected chi connectivity index (χ0v) is 9.83. The summed E-state index contributed by atoms with van der Waals surface area (Å²) < 4.78 is 45.0. The number of hydrogen-bond donors (Lipinski definition) is 1.